The van der Waals surface area contributed by atoms with E-state index in [-0.39, 0.29) is 35.1 Å². The molecule has 1 amide bonds. The highest BCUT2D eigenvalue weighted by Crippen LogP contribution is 2.30. The van der Waals surface area contributed by atoms with Gasteiger partial charge in [-0.2, -0.15) is 0 Å². The number of nitrogens with one attached hydrogen (secondary N) is 1. The lowest BCUT2D eigenvalue weighted by molar-refractivity contribution is -0.122. The van der Waals surface area contributed by atoms with Crippen LogP contribution in [0.4, 0.5) is 0 Å². The van der Waals surface area contributed by atoms with Gasteiger partial charge in [-0.15, -0.1) is 0 Å². The first-order chi connectivity index (χ1) is 17.9. The third-order valence-corrected chi connectivity index (χ3v) is 6.59. The van der Waals surface area contributed by atoms with E-state index in [1.807, 2.05) is 13.8 Å². The fourth-order valence-corrected chi connectivity index (χ4v) is 4.70. The molecule has 4 rings (SSSR count). The second kappa shape index (κ2) is 12.4. The van der Waals surface area contributed by atoms with Crippen molar-refractivity contribution in [3.05, 3.63) is 45.8 Å². The van der Waals surface area contributed by atoms with Crippen LogP contribution >= 0.6 is 11.6 Å². The lowest BCUT2D eigenvalue weighted by Gasteiger charge is -2.26. The molecule has 1 N–H and O–H groups in total. The van der Waals surface area contributed by atoms with Crippen molar-refractivity contribution >= 4 is 28.5 Å². The number of piperidine rings is 1. The van der Waals surface area contributed by atoms with Crippen molar-refractivity contribution in [1.82, 2.24) is 24.8 Å². The normalized spacial score (nSPS) is 14.2. The van der Waals surface area contributed by atoms with Crippen molar-refractivity contribution in [2.45, 2.75) is 52.1 Å². The van der Waals surface area contributed by atoms with E-state index in [4.69, 9.17) is 21.1 Å². The summed E-state index contributed by atoms with van der Waals surface area (Å²) in [4.78, 5) is 37.8. The van der Waals surface area contributed by atoms with Gasteiger partial charge in [-0.1, -0.05) is 18.0 Å². The zero-order chi connectivity index (χ0) is 26.4. The Morgan fingerprint density at radius 2 is 1.97 bits per heavy atom. The fourth-order valence-electron chi connectivity index (χ4n) is 4.50. The molecule has 3 aromatic rings. The fraction of sp³-hybridized carbons (Fsp3) is 0.481. The van der Waals surface area contributed by atoms with Crippen LogP contribution < -0.4 is 20.3 Å². The van der Waals surface area contributed by atoms with Gasteiger partial charge in [0, 0.05) is 18.2 Å². The summed E-state index contributed by atoms with van der Waals surface area (Å²) in [5.74, 6) is 0.949. The molecule has 198 valence electrons. The van der Waals surface area contributed by atoms with E-state index < -0.39 is 0 Å². The topological polar surface area (TPSA) is 98.6 Å². The minimum absolute atomic E-state index is 0.0673. The highest BCUT2D eigenvalue weighted by Gasteiger charge is 2.18. The number of aromatic nitrogens is 3. The molecule has 1 aliphatic rings. The minimum atomic E-state index is -0.376. The van der Waals surface area contributed by atoms with Crippen LogP contribution in [0.1, 0.15) is 39.5 Å². The van der Waals surface area contributed by atoms with E-state index in [9.17, 15) is 9.59 Å². The Kier molecular flexibility index (Phi) is 9.00. The van der Waals surface area contributed by atoms with Crippen LogP contribution in [-0.4, -0.2) is 64.7 Å². The molecule has 0 radical (unpaired) electrons. The number of pyridine rings is 1. The molecule has 37 heavy (non-hydrogen) atoms. The third-order valence-electron chi connectivity index (χ3n) is 6.28. The molecule has 0 saturated carbocycles. The summed E-state index contributed by atoms with van der Waals surface area (Å²) in [5.41, 5.74) is 0.478. The maximum atomic E-state index is 13.6. The average Bonchev–Trinajstić information content (AvgIpc) is 2.89. The number of fused-ring (bicyclic) bond motifs is 1. The predicted octanol–water partition coefficient (Wildman–Crippen LogP) is 3.90. The van der Waals surface area contributed by atoms with Crippen LogP contribution in [0.15, 0.2) is 35.3 Å². The van der Waals surface area contributed by atoms with Crippen molar-refractivity contribution in [1.29, 1.82) is 0 Å². The Bertz CT molecular complexity index is 1300. The van der Waals surface area contributed by atoms with Gasteiger partial charge >= 0.3 is 0 Å². The summed E-state index contributed by atoms with van der Waals surface area (Å²) in [6, 6.07) is 6.67. The van der Waals surface area contributed by atoms with Crippen molar-refractivity contribution < 1.29 is 14.3 Å². The Morgan fingerprint density at radius 1 is 1.19 bits per heavy atom. The lowest BCUT2D eigenvalue weighted by Crippen LogP contribution is -2.37. The largest absolute Gasteiger partial charge is 0.495 e. The van der Waals surface area contributed by atoms with Crippen molar-refractivity contribution in [3.8, 4) is 22.9 Å². The van der Waals surface area contributed by atoms with Gasteiger partial charge in [0.1, 0.15) is 23.9 Å². The number of nitrogens with zero attached hydrogens (tertiary/aromatic N) is 4. The molecule has 0 spiro atoms. The van der Waals surface area contributed by atoms with Gasteiger partial charge in [0.25, 0.3) is 5.56 Å². The van der Waals surface area contributed by atoms with E-state index in [0.717, 1.165) is 26.1 Å². The first-order valence-corrected chi connectivity index (χ1v) is 13.1. The minimum Gasteiger partial charge on any atom is -0.495 e. The summed E-state index contributed by atoms with van der Waals surface area (Å²) in [7, 11) is 1.51. The van der Waals surface area contributed by atoms with Gasteiger partial charge in [-0.25, -0.2) is 9.97 Å². The number of carbonyl (C=O) groups excluding carboxylic acids is 1. The molecule has 9 nitrogen and oxygen atoms in total. The van der Waals surface area contributed by atoms with Crippen LogP contribution in [0.5, 0.6) is 11.5 Å². The lowest BCUT2D eigenvalue weighted by atomic mass is 10.1. The van der Waals surface area contributed by atoms with Gasteiger partial charge < -0.3 is 19.7 Å². The van der Waals surface area contributed by atoms with Gasteiger partial charge in [0.2, 0.25) is 5.91 Å². The van der Waals surface area contributed by atoms with E-state index in [2.05, 4.69) is 20.2 Å². The second-order valence-corrected chi connectivity index (χ2v) is 9.95. The van der Waals surface area contributed by atoms with Gasteiger partial charge in [-0.3, -0.25) is 14.2 Å². The quantitative estimate of drug-likeness (QED) is 0.399. The van der Waals surface area contributed by atoms with Crippen LogP contribution in [0.2, 0.25) is 5.02 Å². The van der Waals surface area contributed by atoms with E-state index in [1.54, 1.807) is 30.5 Å². The van der Waals surface area contributed by atoms with E-state index >= 15 is 0 Å². The molecule has 1 saturated heterocycles. The third kappa shape index (κ3) is 6.78. The van der Waals surface area contributed by atoms with Crippen LogP contribution in [0.25, 0.3) is 22.4 Å². The molecular weight excluding hydrogens is 494 g/mol. The highest BCUT2D eigenvalue weighted by molar-refractivity contribution is 6.32. The SMILES string of the molecule is COc1cc(-c2nc3ncc(OCCCN4CCCCC4)cc3c(=O)n2CC(=O)NC(C)C)ccc1Cl. The Hall–Kier alpha value is -3.17. The van der Waals surface area contributed by atoms with Crippen LogP contribution in [0.3, 0.4) is 0 Å². The van der Waals surface area contributed by atoms with Crippen molar-refractivity contribution in [2.24, 2.45) is 0 Å². The van der Waals surface area contributed by atoms with Gasteiger partial charge in [0.15, 0.2) is 5.65 Å². The highest BCUT2D eigenvalue weighted by atomic mass is 35.5. The van der Waals surface area contributed by atoms with E-state index in [1.165, 1.54) is 30.9 Å². The maximum absolute atomic E-state index is 13.6. The molecule has 0 unspecified atom stereocenters. The summed E-state index contributed by atoms with van der Waals surface area (Å²) < 4.78 is 12.6. The zero-order valence-corrected chi connectivity index (χ0v) is 22.4. The van der Waals surface area contributed by atoms with Crippen LogP contribution in [0, 0.1) is 0 Å². The van der Waals surface area contributed by atoms with Crippen LogP contribution in [-0.2, 0) is 11.3 Å². The number of rotatable bonds is 10. The number of likely N-dealkylation sites (tertiary alicyclic amines) is 1. The molecule has 3 heterocycles. The first-order valence-electron chi connectivity index (χ1n) is 12.7. The Labute approximate surface area is 221 Å². The molecular formula is C27H34ClN5O4. The standard InChI is InChI=1S/C27H34ClN5O4/c1-18(2)30-24(34)17-33-26(19-8-9-22(28)23(14-19)36-3)31-25-21(27(33)35)15-20(16-29-25)37-13-7-12-32-10-5-4-6-11-32/h8-9,14-16,18H,4-7,10-13,17H2,1-3H3,(H,30,34). The number of hydrogen-bond donors (Lipinski definition) is 1. The number of methoxy groups -OCH3 is 1. The number of hydrogen-bond acceptors (Lipinski definition) is 7. The van der Waals surface area contributed by atoms with E-state index in [0.29, 0.717) is 34.5 Å². The molecule has 2 aromatic heterocycles. The second-order valence-electron chi connectivity index (χ2n) is 9.54. The summed E-state index contributed by atoms with van der Waals surface area (Å²) in [6.45, 7) is 7.36. The molecule has 0 aliphatic carbocycles. The number of ether oxygens (including phenoxy) is 2. The molecule has 0 bridgehead atoms. The number of halogens is 1. The average molecular weight is 528 g/mol. The molecule has 1 aliphatic heterocycles. The summed E-state index contributed by atoms with van der Waals surface area (Å²) in [6.07, 6.45) is 6.31. The summed E-state index contributed by atoms with van der Waals surface area (Å²) >= 11 is 6.20. The maximum Gasteiger partial charge on any atom is 0.263 e. The predicted molar refractivity (Wildman–Crippen MR) is 144 cm³/mol. The Balaban J connectivity index is 1.63. The van der Waals surface area contributed by atoms with Crippen molar-refractivity contribution in [3.63, 3.8) is 0 Å². The monoisotopic (exact) mass is 527 g/mol. The Morgan fingerprint density at radius 3 is 2.70 bits per heavy atom. The molecule has 0 atom stereocenters. The number of amides is 1. The molecule has 1 aromatic carbocycles. The number of carbonyl (C=O) groups is 1. The smallest absolute Gasteiger partial charge is 0.263 e. The number of benzene rings is 1. The van der Waals surface area contributed by atoms with Gasteiger partial charge in [0.05, 0.1) is 30.3 Å². The molecule has 10 heteroatoms. The van der Waals surface area contributed by atoms with Crippen molar-refractivity contribution in [2.75, 3.05) is 33.4 Å². The first kappa shape index (κ1) is 26.9. The zero-order valence-electron chi connectivity index (χ0n) is 21.6. The summed E-state index contributed by atoms with van der Waals surface area (Å²) in [5, 5.41) is 3.55. The molecule has 1 fully saturated rings. The van der Waals surface area contributed by atoms with Gasteiger partial charge in [-0.05, 0) is 70.5 Å².